The van der Waals surface area contributed by atoms with Crippen LogP contribution in [0.2, 0.25) is 5.02 Å². The summed E-state index contributed by atoms with van der Waals surface area (Å²) in [4.78, 5) is 10.3. The molecule has 0 radical (unpaired) electrons. The van der Waals surface area contributed by atoms with Gasteiger partial charge in [0.1, 0.15) is 5.82 Å². The van der Waals surface area contributed by atoms with Crippen molar-refractivity contribution in [2.45, 2.75) is 12.8 Å². The molecule has 0 heterocycles. The van der Waals surface area contributed by atoms with Crippen LogP contribution in [0.15, 0.2) is 16.6 Å². The fourth-order valence-corrected chi connectivity index (χ4v) is 1.65. The van der Waals surface area contributed by atoms with Crippen LogP contribution in [0.3, 0.4) is 0 Å². The number of carboxylic acids is 1. The van der Waals surface area contributed by atoms with Gasteiger partial charge in [0.2, 0.25) is 0 Å². The summed E-state index contributed by atoms with van der Waals surface area (Å²) in [7, 11) is 0. The van der Waals surface area contributed by atoms with Gasteiger partial charge in [-0.2, -0.15) is 0 Å². The van der Waals surface area contributed by atoms with Crippen LogP contribution < -0.4 is 0 Å². The van der Waals surface area contributed by atoms with E-state index in [1.54, 1.807) is 0 Å². The molecule has 0 aliphatic heterocycles. The molecule has 1 rings (SSSR count). The Bertz CT molecular complexity index is 368. The lowest BCUT2D eigenvalue weighted by molar-refractivity contribution is -0.136. The van der Waals surface area contributed by atoms with Crippen LogP contribution in [-0.2, 0) is 11.2 Å². The molecular weight excluding hydrogens is 274 g/mol. The highest BCUT2D eigenvalue weighted by Gasteiger charge is 2.11. The van der Waals surface area contributed by atoms with Crippen LogP contribution in [0, 0.1) is 5.82 Å². The van der Waals surface area contributed by atoms with Gasteiger partial charge in [0.25, 0.3) is 0 Å². The Hall–Kier alpha value is -0.610. The Morgan fingerprint density at radius 2 is 2.21 bits per heavy atom. The molecule has 5 heteroatoms. The van der Waals surface area contributed by atoms with E-state index >= 15 is 0 Å². The smallest absolute Gasteiger partial charge is 0.303 e. The second-order valence-electron chi connectivity index (χ2n) is 2.72. The Morgan fingerprint density at radius 1 is 1.57 bits per heavy atom. The molecule has 0 amide bonds. The van der Waals surface area contributed by atoms with Gasteiger partial charge in [0.05, 0.1) is 5.02 Å². The van der Waals surface area contributed by atoms with Gasteiger partial charge in [0.15, 0.2) is 0 Å². The molecule has 0 bridgehead atoms. The molecule has 0 aliphatic carbocycles. The van der Waals surface area contributed by atoms with Gasteiger partial charge in [0, 0.05) is 16.5 Å². The first-order chi connectivity index (χ1) is 6.52. The quantitative estimate of drug-likeness (QED) is 0.864. The predicted molar refractivity (Wildman–Crippen MR) is 55.1 cm³/mol. The second-order valence-corrected chi connectivity index (χ2v) is 3.95. The number of rotatable bonds is 3. The first kappa shape index (κ1) is 11.5. The van der Waals surface area contributed by atoms with Gasteiger partial charge >= 0.3 is 5.97 Å². The van der Waals surface area contributed by atoms with Gasteiger partial charge in [-0.15, -0.1) is 0 Å². The lowest BCUT2D eigenvalue weighted by Gasteiger charge is -2.05. The fraction of sp³-hybridized carbons (Fsp3) is 0.222. The van der Waals surface area contributed by atoms with Gasteiger partial charge in [-0.1, -0.05) is 11.6 Å². The molecule has 76 valence electrons. The number of hydrogen-bond acceptors (Lipinski definition) is 1. The van der Waals surface area contributed by atoms with E-state index in [-0.39, 0.29) is 23.4 Å². The Labute approximate surface area is 93.8 Å². The summed E-state index contributed by atoms with van der Waals surface area (Å²) in [5.41, 5.74) is 0.239. The van der Waals surface area contributed by atoms with Crippen molar-refractivity contribution in [3.63, 3.8) is 0 Å². The van der Waals surface area contributed by atoms with E-state index in [2.05, 4.69) is 15.9 Å². The molecule has 0 fully saturated rings. The Morgan fingerprint density at radius 3 is 2.79 bits per heavy atom. The minimum Gasteiger partial charge on any atom is -0.481 e. The molecule has 0 aromatic heterocycles. The van der Waals surface area contributed by atoms with Gasteiger partial charge in [-0.25, -0.2) is 4.39 Å². The summed E-state index contributed by atoms with van der Waals surface area (Å²) in [6, 6.07) is 2.75. The third-order valence-corrected chi connectivity index (χ3v) is 3.05. The molecule has 0 spiro atoms. The molecule has 1 aromatic carbocycles. The van der Waals surface area contributed by atoms with Gasteiger partial charge in [-0.05, 0) is 34.5 Å². The van der Waals surface area contributed by atoms with Gasteiger partial charge < -0.3 is 5.11 Å². The van der Waals surface area contributed by atoms with E-state index < -0.39 is 11.8 Å². The second kappa shape index (κ2) is 4.75. The van der Waals surface area contributed by atoms with Crippen molar-refractivity contribution in [3.8, 4) is 0 Å². The average molecular weight is 282 g/mol. The van der Waals surface area contributed by atoms with Crippen molar-refractivity contribution in [3.05, 3.63) is 33.0 Å². The fourth-order valence-electron chi connectivity index (χ4n) is 1.03. The normalized spacial score (nSPS) is 10.2. The molecule has 1 N–H and O–H groups in total. The number of benzene rings is 1. The molecule has 2 nitrogen and oxygen atoms in total. The van der Waals surface area contributed by atoms with E-state index in [9.17, 15) is 9.18 Å². The largest absolute Gasteiger partial charge is 0.481 e. The minimum absolute atomic E-state index is 0.0967. The molecule has 0 atom stereocenters. The Balaban J connectivity index is 2.95. The van der Waals surface area contributed by atoms with E-state index in [4.69, 9.17) is 16.7 Å². The molecule has 0 aliphatic rings. The zero-order chi connectivity index (χ0) is 10.7. The summed E-state index contributed by atoms with van der Waals surface area (Å²) < 4.78 is 13.8. The number of halogens is 3. The zero-order valence-corrected chi connectivity index (χ0v) is 9.40. The molecular formula is C9H7BrClFO2. The lowest BCUT2D eigenvalue weighted by Crippen LogP contribution is -2.00. The molecule has 1 aromatic rings. The van der Waals surface area contributed by atoms with Crippen molar-refractivity contribution < 1.29 is 14.3 Å². The standard InChI is InChI=1S/C9H7BrClFO2/c10-6-2-3-7(12)5(9(6)11)1-4-8(13)14/h2-3H,1,4H2,(H,13,14). The van der Waals surface area contributed by atoms with E-state index in [0.717, 1.165) is 0 Å². The molecule has 0 saturated carbocycles. The van der Waals surface area contributed by atoms with E-state index in [1.165, 1.54) is 12.1 Å². The number of hydrogen-bond donors (Lipinski definition) is 1. The van der Waals surface area contributed by atoms with Crippen LogP contribution in [0.4, 0.5) is 4.39 Å². The van der Waals surface area contributed by atoms with Crippen molar-refractivity contribution in [2.75, 3.05) is 0 Å². The van der Waals surface area contributed by atoms with Crippen molar-refractivity contribution in [1.82, 2.24) is 0 Å². The average Bonchev–Trinajstić information content (AvgIpc) is 2.11. The summed E-state index contributed by atoms with van der Waals surface area (Å²) in [6.07, 6.45) is -0.0352. The first-order valence-electron chi connectivity index (χ1n) is 3.86. The van der Waals surface area contributed by atoms with Crippen molar-refractivity contribution in [1.29, 1.82) is 0 Å². The Kier molecular flexibility index (Phi) is 3.89. The lowest BCUT2D eigenvalue weighted by atomic mass is 10.1. The van der Waals surface area contributed by atoms with Crippen molar-refractivity contribution in [2.24, 2.45) is 0 Å². The maximum Gasteiger partial charge on any atom is 0.303 e. The number of aliphatic carboxylic acids is 1. The summed E-state index contributed by atoms with van der Waals surface area (Å²) >= 11 is 8.94. The number of carbonyl (C=O) groups is 1. The highest BCUT2D eigenvalue weighted by molar-refractivity contribution is 9.10. The SMILES string of the molecule is O=C(O)CCc1c(F)ccc(Br)c1Cl. The predicted octanol–water partition coefficient (Wildman–Crippen LogP) is 3.26. The van der Waals surface area contributed by atoms with Crippen LogP contribution in [0.5, 0.6) is 0 Å². The minimum atomic E-state index is -0.972. The number of carboxylic acid groups (broad SMARTS) is 1. The maximum atomic E-state index is 13.2. The zero-order valence-electron chi connectivity index (χ0n) is 7.06. The topological polar surface area (TPSA) is 37.3 Å². The summed E-state index contributed by atoms with van der Waals surface area (Å²) in [5, 5.41) is 8.69. The first-order valence-corrected chi connectivity index (χ1v) is 5.03. The summed E-state index contributed by atoms with van der Waals surface area (Å²) in [6.45, 7) is 0. The molecule has 0 unspecified atom stereocenters. The third-order valence-electron chi connectivity index (χ3n) is 1.73. The van der Waals surface area contributed by atoms with Crippen molar-refractivity contribution >= 4 is 33.5 Å². The molecule has 14 heavy (non-hydrogen) atoms. The van der Waals surface area contributed by atoms with Crippen LogP contribution in [-0.4, -0.2) is 11.1 Å². The highest BCUT2D eigenvalue weighted by atomic mass is 79.9. The molecule has 0 saturated heterocycles. The van der Waals surface area contributed by atoms with E-state index in [0.29, 0.717) is 4.47 Å². The van der Waals surface area contributed by atoms with E-state index in [1.807, 2.05) is 0 Å². The summed E-state index contributed by atoms with van der Waals surface area (Å²) in [5.74, 6) is -1.44. The highest BCUT2D eigenvalue weighted by Crippen LogP contribution is 2.29. The monoisotopic (exact) mass is 280 g/mol. The van der Waals surface area contributed by atoms with Crippen LogP contribution >= 0.6 is 27.5 Å². The van der Waals surface area contributed by atoms with Crippen LogP contribution in [0.25, 0.3) is 0 Å². The van der Waals surface area contributed by atoms with Crippen LogP contribution in [0.1, 0.15) is 12.0 Å². The maximum absolute atomic E-state index is 13.2. The van der Waals surface area contributed by atoms with Gasteiger partial charge in [-0.3, -0.25) is 4.79 Å². The third kappa shape index (κ3) is 2.69.